The van der Waals surface area contributed by atoms with Gasteiger partial charge in [-0.3, -0.25) is 14.4 Å². The molecule has 10 nitrogen and oxygen atoms in total. The maximum absolute atomic E-state index is 13.6. The van der Waals surface area contributed by atoms with E-state index in [1.165, 1.54) is 25.3 Å². The Bertz CT molecular complexity index is 1680. The number of carbonyl (C=O) groups excluding carboxylic acids is 4. The second kappa shape index (κ2) is 13.1. The van der Waals surface area contributed by atoms with Gasteiger partial charge < -0.3 is 19.5 Å². The minimum Gasteiger partial charge on any atom is -0.497 e. The van der Waals surface area contributed by atoms with Gasteiger partial charge in [0.25, 0.3) is 17.7 Å². The predicted molar refractivity (Wildman–Crippen MR) is 166 cm³/mol. The molecule has 0 bridgehead atoms. The van der Waals surface area contributed by atoms with Crippen molar-refractivity contribution in [1.82, 2.24) is 0 Å². The van der Waals surface area contributed by atoms with E-state index in [2.05, 4.69) is 5.32 Å². The molecule has 0 atom stereocenters. The molecule has 44 heavy (non-hydrogen) atoms. The van der Waals surface area contributed by atoms with Crippen LogP contribution in [-0.4, -0.2) is 44.6 Å². The molecule has 1 N–H and O–H groups in total. The van der Waals surface area contributed by atoms with Crippen molar-refractivity contribution in [2.24, 2.45) is 0 Å². The van der Waals surface area contributed by atoms with Gasteiger partial charge in [0.1, 0.15) is 11.3 Å². The molecule has 11 heteroatoms. The number of imide groups is 2. The van der Waals surface area contributed by atoms with Crippen molar-refractivity contribution in [3.05, 3.63) is 113 Å². The summed E-state index contributed by atoms with van der Waals surface area (Å²) in [5.74, 6) is -1.14. The summed E-state index contributed by atoms with van der Waals surface area (Å²) in [5.41, 5.74) is 1.20. The Hall–Kier alpha value is -5.61. The first-order chi connectivity index (χ1) is 21.3. The van der Waals surface area contributed by atoms with Crippen molar-refractivity contribution in [3.8, 4) is 17.2 Å². The molecule has 1 aliphatic rings. The molecule has 0 aromatic heterocycles. The van der Waals surface area contributed by atoms with Gasteiger partial charge in [0, 0.05) is 5.69 Å². The number of nitrogens with one attached hydrogen (secondary N) is 1. The van der Waals surface area contributed by atoms with Crippen LogP contribution in [0, 0.1) is 0 Å². The Kier molecular flexibility index (Phi) is 8.92. The van der Waals surface area contributed by atoms with E-state index in [0.29, 0.717) is 28.4 Å². The van der Waals surface area contributed by atoms with Crippen LogP contribution < -0.4 is 29.3 Å². The lowest BCUT2D eigenvalue weighted by atomic mass is 10.0. The molecule has 1 aliphatic heterocycles. The highest BCUT2D eigenvalue weighted by Gasteiger charge is 2.43. The number of hydrogen-bond donors (Lipinski definition) is 1. The number of hydrogen-bond acceptors (Lipinski definition) is 7. The third-order valence-corrected chi connectivity index (χ3v) is 6.84. The Morgan fingerprint density at radius 1 is 0.795 bits per heavy atom. The number of urea groups is 1. The van der Waals surface area contributed by atoms with E-state index >= 15 is 0 Å². The van der Waals surface area contributed by atoms with Crippen LogP contribution in [-0.2, 0) is 14.4 Å². The summed E-state index contributed by atoms with van der Waals surface area (Å²) in [6.45, 7) is -0.375. The number of anilines is 3. The Morgan fingerprint density at radius 3 is 1.89 bits per heavy atom. The monoisotopic (exact) mass is 611 g/mol. The van der Waals surface area contributed by atoms with Gasteiger partial charge in [-0.2, -0.15) is 0 Å². The molecule has 5 amide bonds. The number of benzene rings is 4. The zero-order valence-corrected chi connectivity index (χ0v) is 24.4. The Morgan fingerprint density at radius 2 is 1.36 bits per heavy atom. The molecule has 0 saturated carbocycles. The number of rotatable bonds is 9. The smallest absolute Gasteiger partial charge is 0.343 e. The van der Waals surface area contributed by atoms with Crippen molar-refractivity contribution in [2.45, 2.75) is 0 Å². The average Bonchev–Trinajstić information content (AvgIpc) is 3.03. The fourth-order valence-electron chi connectivity index (χ4n) is 4.48. The van der Waals surface area contributed by atoms with Crippen LogP contribution >= 0.6 is 11.6 Å². The lowest BCUT2D eigenvalue weighted by Gasteiger charge is -2.34. The van der Waals surface area contributed by atoms with Crippen LogP contribution in [0.15, 0.2) is 103 Å². The number of amides is 5. The highest BCUT2D eigenvalue weighted by Crippen LogP contribution is 2.38. The van der Waals surface area contributed by atoms with Gasteiger partial charge in [0.05, 0.1) is 30.6 Å². The maximum Gasteiger partial charge on any atom is 0.343 e. The molecular weight excluding hydrogens is 586 g/mol. The van der Waals surface area contributed by atoms with Crippen molar-refractivity contribution in [3.63, 3.8) is 0 Å². The molecule has 4 aromatic rings. The van der Waals surface area contributed by atoms with Crippen molar-refractivity contribution < 1.29 is 33.4 Å². The largest absolute Gasteiger partial charge is 0.497 e. The van der Waals surface area contributed by atoms with Crippen LogP contribution in [0.25, 0.3) is 6.08 Å². The normalized spacial score (nSPS) is 13.1. The van der Waals surface area contributed by atoms with Crippen molar-refractivity contribution in [1.29, 1.82) is 0 Å². The summed E-state index contributed by atoms with van der Waals surface area (Å²) < 4.78 is 16.3. The number of nitrogens with zero attached hydrogens (tertiary/aromatic N) is 2. The average molecular weight is 612 g/mol. The fraction of sp³-hybridized carbons (Fsp3) is 0.0909. The molecule has 0 spiro atoms. The maximum atomic E-state index is 13.6. The first-order valence-corrected chi connectivity index (χ1v) is 13.7. The molecular formula is C33H26ClN3O7. The Balaban J connectivity index is 1.43. The topological polar surface area (TPSA) is 114 Å². The highest BCUT2D eigenvalue weighted by molar-refractivity contribution is 6.46. The number of methoxy groups -OCH3 is 2. The summed E-state index contributed by atoms with van der Waals surface area (Å²) in [6.07, 6.45) is 1.33. The SMILES string of the molecule is COc1ccc(NC(=O)COc2c(Cl)cc(C=C3C(=O)N(c4ccccc4)C(=O)N(c4ccccc4)C3=O)cc2OC)cc1. The van der Waals surface area contributed by atoms with Crippen LogP contribution in [0.4, 0.5) is 21.9 Å². The van der Waals surface area contributed by atoms with Crippen LogP contribution in [0.2, 0.25) is 5.02 Å². The number of barbiturate groups is 1. The summed E-state index contributed by atoms with van der Waals surface area (Å²) in [7, 11) is 2.93. The number of para-hydroxylation sites is 2. The first-order valence-electron chi connectivity index (χ1n) is 13.3. The fourth-order valence-corrected chi connectivity index (χ4v) is 4.75. The van der Waals surface area contributed by atoms with E-state index < -0.39 is 23.8 Å². The predicted octanol–water partition coefficient (Wildman–Crippen LogP) is 5.96. The molecule has 222 valence electrons. The van der Waals surface area contributed by atoms with Gasteiger partial charge in [-0.25, -0.2) is 14.6 Å². The van der Waals surface area contributed by atoms with E-state index in [9.17, 15) is 19.2 Å². The van der Waals surface area contributed by atoms with Gasteiger partial charge >= 0.3 is 6.03 Å². The third kappa shape index (κ3) is 6.25. The molecule has 0 unspecified atom stereocenters. The molecule has 1 saturated heterocycles. The van der Waals surface area contributed by atoms with Gasteiger partial charge in [-0.1, -0.05) is 48.0 Å². The van der Waals surface area contributed by atoms with Gasteiger partial charge in [0.2, 0.25) is 0 Å². The second-order valence-corrected chi connectivity index (χ2v) is 9.80. The second-order valence-electron chi connectivity index (χ2n) is 9.39. The zero-order valence-electron chi connectivity index (χ0n) is 23.7. The van der Waals surface area contributed by atoms with E-state index in [4.69, 9.17) is 25.8 Å². The molecule has 4 aromatic carbocycles. The van der Waals surface area contributed by atoms with Gasteiger partial charge in [0.15, 0.2) is 18.1 Å². The van der Waals surface area contributed by atoms with Crippen molar-refractivity contribution in [2.75, 3.05) is 35.9 Å². The first kappa shape index (κ1) is 29.9. The minimum atomic E-state index is -0.804. The quantitative estimate of drug-likeness (QED) is 0.183. The molecule has 5 rings (SSSR count). The van der Waals surface area contributed by atoms with E-state index in [0.717, 1.165) is 9.80 Å². The number of halogens is 1. The van der Waals surface area contributed by atoms with Gasteiger partial charge in [-0.15, -0.1) is 0 Å². The lowest BCUT2D eigenvalue weighted by molar-refractivity contribution is -0.121. The summed E-state index contributed by atoms with van der Waals surface area (Å²) in [5, 5.41) is 2.78. The van der Waals surface area contributed by atoms with Crippen LogP contribution in [0.3, 0.4) is 0 Å². The highest BCUT2D eigenvalue weighted by atomic mass is 35.5. The molecule has 0 aliphatic carbocycles. The summed E-state index contributed by atoms with van der Waals surface area (Å²) in [6, 6.07) is 25.6. The standard InChI is InChI=1S/C33H26ClN3O7/c1-42-25-15-13-22(14-16-25)35-29(38)20-44-30-27(34)18-21(19-28(30)43-2)17-26-31(39)36(23-9-5-3-6-10-23)33(41)37(32(26)40)24-11-7-4-8-12-24/h3-19H,20H2,1-2H3,(H,35,38). The summed E-state index contributed by atoms with van der Waals surface area (Å²) >= 11 is 6.53. The molecule has 0 radical (unpaired) electrons. The van der Waals surface area contributed by atoms with E-state index in [1.807, 2.05) is 0 Å². The third-order valence-electron chi connectivity index (χ3n) is 6.56. The summed E-state index contributed by atoms with van der Waals surface area (Å²) in [4.78, 5) is 55.2. The van der Waals surface area contributed by atoms with Crippen LogP contribution in [0.1, 0.15) is 5.56 Å². The zero-order chi connectivity index (χ0) is 31.2. The van der Waals surface area contributed by atoms with Gasteiger partial charge in [-0.05, 0) is 72.3 Å². The van der Waals surface area contributed by atoms with E-state index in [1.54, 1.807) is 92.0 Å². The van der Waals surface area contributed by atoms with Crippen molar-refractivity contribution >= 4 is 58.5 Å². The number of ether oxygens (including phenoxy) is 3. The van der Waals surface area contributed by atoms with E-state index in [-0.39, 0.29) is 28.7 Å². The minimum absolute atomic E-state index is 0.0695. The lowest BCUT2D eigenvalue weighted by Crippen LogP contribution is -2.57. The molecule has 1 heterocycles. The molecule has 1 fully saturated rings. The number of carbonyl (C=O) groups is 4. The Labute approximate surface area is 258 Å². The van der Waals surface area contributed by atoms with Crippen LogP contribution in [0.5, 0.6) is 17.2 Å².